The Labute approximate surface area is 196 Å². The molecule has 1 aromatic heterocycles. The summed E-state index contributed by atoms with van der Waals surface area (Å²) in [6, 6.07) is 19.9. The number of nitrogens with one attached hydrogen (secondary N) is 1. The Bertz CT molecular complexity index is 1480. The Morgan fingerprint density at radius 3 is 2.47 bits per heavy atom. The molecule has 3 N–H and O–H groups in total. The molecule has 1 atom stereocenters. The number of fused-ring (bicyclic) bond motifs is 2. The Balaban J connectivity index is 1.82. The predicted octanol–water partition coefficient (Wildman–Crippen LogP) is 4.47. The normalized spacial score (nSPS) is 14.8. The van der Waals surface area contributed by atoms with Crippen LogP contribution in [0.5, 0.6) is 23.1 Å². The maximum Gasteiger partial charge on any atom is 0.244 e. The molecular formula is C26H22N4O4. The van der Waals surface area contributed by atoms with E-state index >= 15 is 0 Å². The van der Waals surface area contributed by atoms with E-state index in [1.54, 1.807) is 20.3 Å². The highest BCUT2D eigenvalue weighted by Crippen LogP contribution is 2.52. The van der Waals surface area contributed by atoms with Crippen LogP contribution in [-0.2, 0) is 0 Å². The molecule has 0 unspecified atom stereocenters. The molecule has 8 nitrogen and oxygen atoms in total. The van der Waals surface area contributed by atoms with Crippen LogP contribution in [0.1, 0.15) is 17.0 Å². The number of nitrogens with zero attached hydrogens (tertiary/aromatic N) is 2. The molecule has 1 aliphatic rings. The van der Waals surface area contributed by atoms with Crippen LogP contribution in [0.3, 0.4) is 0 Å². The largest absolute Gasteiger partial charge is 0.493 e. The SMILES string of the molecule is COc1ccc([C@H]2C(C#N)=C(N)Oc3n[nH]c(-c4cccc5ccccc45)c32)c(OC)c1OC. The maximum atomic E-state index is 10.1. The third kappa shape index (κ3) is 3.10. The van der Waals surface area contributed by atoms with Gasteiger partial charge in [0.2, 0.25) is 17.5 Å². The van der Waals surface area contributed by atoms with Crippen LogP contribution in [0.15, 0.2) is 66.1 Å². The summed E-state index contributed by atoms with van der Waals surface area (Å²) in [5, 5.41) is 19.7. The molecule has 34 heavy (non-hydrogen) atoms. The Morgan fingerprint density at radius 2 is 1.74 bits per heavy atom. The second-order valence-electron chi connectivity index (χ2n) is 7.69. The molecule has 0 saturated heterocycles. The minimum atomic E-state index is -0.615. The zero-order valence-corrected chi connectivity index (χ0v) is 18.9. The highest BCUT2D eigenvalue weighted by atomic mass is 16.5. The van der Waals surface area contributed by atoms with E-state index in [1.165, 1.54) is 7.11 Å². The first-order chi connectivity index (χ1) is 16.6. The lowest BCUT2D eigenvalue weighted by atomic mass is 9.82. The number of H-pyrrole nitrogens is 1. The molecule has 0 spiro atoms. The Kier molecular flexibility index (Phi) is 5.22. The number of benzene rings is 3. The molecule has 1 aliphatic heterocycles. The average Bonchev–Trinajstić information content (AvgIpc) is 3.29. The van der Waals surface area contributed by atoms with Crippen molar-refractivity contribution in [1.82, 2.24) is 10.2 Å². The van der Waals surface area contributed by atoms with E-state index in [1.807, 2.05) is 48.5 Å². The van der Waals surface area contributed by atoms with Crippen molar-refractivity contribution in [3.8, 4) is 40.5 Å². The number of aromatic nitrogens is 2. The van der Waals surface area contributed by atoms with E-state index in [0.717, 1.165) is 22.0 Å². The van der Waals surface area contributed by atoms with Crippen LogP contribution >= 0.6 is 0 Å². The minimum absolute atomic E-state index is 0.00666. The molecule has 170 valence electrons. The summed E-state index contributed by atoms with van der Waals surface area (Å²) in [5.41, 5.74) is 9.44. The van der Waals surface area contributed by atoms with Gasteiger partial charge in [-0.2, -0.15) is 5.26 Å². The van der Waals surface area contributed by atoms with Gasteiger partial charge >= 0.3 is 0 Å². The molecule has 8 heteroatoms. The summed E-state index contributed by atoms with van der Waals surface area (Å²) in [6.45, 7) is 0. The highest BCUT2D eigenvalue weighted by molar-refractivity contribution is 5.97. The van der Waals surface area contributed by atoms with Gasteiger partial charge in [0.15, 0.2) is 11.5 Å². The molecule has 0 saturated carbocycles. The highest BCUT2D eigenvalue weighted by Gasteiger charge is 2.38. The van der Waals surface area contributed by atoms with E-state index in [9.17, 15) is 5.26 Å². The lowest BCUT2D eigenvalue weighted by molar-refractivity contribution is 0.321. The van der Waals surface area contributed by atoms with Crippen molar-refractivity contribution in [3.05, 3.63) is 77.2 Å². The van der Waals surface area contributed by atoms with Crippen molar-refractivity contribution in [2.45, 2.75) is 5.92 Å². The standard InChI is InChI=1S/C26H22N4O4/c1-31-19-12-11-17(23(32-2)24(19)33-3)20-18(13-27)25(28)34-26-21(20)22(29-30-26)16-10-6-8-14-7-4-5-9-15(14)16/h4-12,20H,28H2,1-3H3,(H,29,30)/t20-/m0/s1. The molecule has 3 aromatic carbocycles. The van der Waals surface area contributed by atoms with Crippen LogP contribution in [0, 0.1) is 11.3 Å². The van der Waals surface area contributed by atoms with Gasteiger partial charge in [-0.1, -0.05) is 48.5 Å². The third-order valence-electron chi connectivity index (χ3n) is 6.04. The lowest BCUT2D eigenvalue weighted by Crippen LogP contribution is -2.21. The topological polar surface area (TPSA) is 115 Å². The molecule has 0 amide bonds. The van der Waals surface area contributed by atoms with E-state index in [0.29, 0.717) is 34.3 Å². The quantitative estimate of drug-likeness (QED) is 0.457. The van der Waals surface area contributed by atoms with E-state index in [-0.39, 0.29) is 11.5 Å². The van der Waals surface area contributed by atoms with Crippen molar-refractivity contribution in [3.63, 3.8) is 0 Å². The molecule has 0 fully saturated rings. The maximum absolute atomic E-state index is 10.1. The summed E-state index contributed by atoms with van der Waals surface area (Å²) in [6.07, 6.45) is 0. The van der Waals surface area contributed by atoms with Gasteiger partial charge in [-0.3, -0.25) is 5.10 Å². The first-order valence-electron chi connectivity index (χ1n) is 10.6. The number of nitrogens with two attached hydrogens (primary N) is 1. The minimum Gasteiger partial charge on any atom is -0.493 e. The zero-order chi connectivity index (χ0) is 23.8. The van der Waals surface area contributed by atoms with E-state index in [4.69, 9.17) is 24.7 Å². The second kappa shape index (κ2) is 8.37. The Morgan fingerprint density at radius 1 is 0.971 bits per heavy atom. The summed E-state index contributed by atoms with van der Waals surface area (Å²) in [5.74, 6) is 1.05. The molecule has 0 bridgehead atoms. The first kappa shape index (κ1) is 21.2. The summed E-state index contributed by atoms with van der Waals surface area (Å²) in [4.78, 5) is 0. The number of allylic oxidation sites excluding steroid dienone is 1. The number of hydrogen-bond acceptors (Lipinski definition) is 7. The predicted molar refractivity (Wildman–Crippen MR) is 127 cm³/mol. The molecule has 4 aromatic rings. The van der Waals surface area contributed by atoms with Crippen LogP contribution in [-0.4, -0.2) is 31.5 Å². The molecule has 0 radical (unpaired) electrons. The van der Waals surface area contributed by atoms with Crippen molar-refractivity contribution in [1.29, 1.82) is 5.26 Å². The molecular weight excluding hydrogens is 432 g/mol. The van der Waals surface area contributed by atoms with E-state index < -0.39 is 5.92 Å². The third-order valence-corrected chi connectivity index (χ3v) is 6.04. The zero-order valence-electron chi connectivity index (χ0n) is 18.9. The van der Waals surface area contributed by atoms with Gasteiger partial charge in [0.25, 0.3) is 0 Å². The van der Waals surface area contributed by atoms with Crippen LogP contribution in [0.2, 0.25) is 0 Å². The van der Waals surface area contributed by atoms with Crippen molar-refractivity contribution < 1.29 is 18.9 Å². The van der Waals surface area contributed by atoms with Crippen LogP contribution < -0.4 is 24.7 Å². The van der Waals surface area contributed by atoms with Gasteiger partial charge in [-0.05, 0) is 16.8 Å². The molecule has 2 heterocycles. The van der Waals surface area contributed by atoms with Crippen molar-refractivity contribution >= 4 is 10.8 Å². The number of nitriles is 1. The molecule has 5 rings (SSSR count). The van der Waals surface area contributed by atoms with Gasteiger partial charge in [-0.25, -0.2) is 0 Å². The van der Waals surface area contributed by atoms with Crippen LogP contribution in [0.25, 0.3) is 22.0 Å². The van der Waals surface area contributed by atoms with Gasteiger partial charge in [0, 0.05) is 11.1 Å². The number of methoxy groups -OCH3 is 3. The van der Waals surface area contributed by atoms with Crippen LogP contribution in [0.4, 0.5) is 0 Å². The van der Waals surface area contributed by atoms with Crippen molar-refractivity contribution in [2.75, 3.05) is 21.3 Å². The van der Waals surface area contributed by atoms with Crippen molar-refractivity contribution in [2.24, 2.45) is 5.73 Å². The monoisotopic (exact) mass is 454 g/mol. The van der Waals surface area contributed by atoms with E-state index in [2.05, 4.69) is 16.3 Å². The molecule has 0 aliphatic carbocycles. The van der Waals surface area contributed by atoms with Gasteiger partial charge < -0.3 is 24.7 Å². The second-order valence-corrected chi connectivity index (χ2v) is 7.69. The lowest BCUT2D eigenvalue weighted by Gasteiger charge is -2.26. The number of hydrogen-bond donors (Lipinski definition) is 2. The average molecular weight is 454 g/mol. The fraction of sp³-hybridized carbons (Fsp3) is 0.154. The number of aromatic amines is 1. The first-order valence-corrected chi connectivity index (χ1v) is 10.6. The number of ether oxygens (including phenoxy) is 4. The smallest absolute Gasteiger partial charge is 0.244 e. The fourth-order valence-electron chi connectivity index (χ4n) is 4.56. The van der Waals surface area contributed by atoms with Gasteiger partial charge in [0.1, 0.15) is 11.6 Å². The summed E-state index contributed by atoms with van der Waals surface area (Å²) in [7, 11) is 4.63. The summed E-state index contributed by atoms with van der Waals surface area (Å²) >= 11 is 0. The Hall–Kier alpha value is -4.64. The number of rotatable bonds is 5. The van der Waals surface area contributed by atoms with Gasteiger partial charge in [0.05, 0.1) is 38.5 Å². The van der Waals surface area contributed by atoms with Gasteiger partial charge in [-0.15, -0.1) is 5.10 Å². The fourth-order valence-corrected chi connectivity index (χ4v) is 4.56. The summed E-state index contributed by atoms with van der Waals surface area (Å²) < 4.78 is 22.6.